The second-order valence-corrected chi connectivity index (χ2v) is 4.74. The molecule has 0 spiro atoms. The van der Waals surface area contributed by atoms with Crippen LogP contribution in [0.25, 0.3) is 0 Å². The van der Waals surface area contributed by atoms with Crippen LogP contribution < -0.4 is 5.73 Å². The van der Waals surface area contributed by atoms with E-state index in [4.69, 9.17) is 5.73 Å². The lowest BCUT2D eigenvalue weighted by Crippen LogP contribution is -2.18. The molecule has 1 fully saturated rings. The number of nitrogens with two attached hydrogens (primary N) is 1. The molecule has 0 unspecified atom stereocenters. The lowest BCUT2D eigenvalue weighted by Gasteiger charge is -2.25. The average Bonchev–Trinajstić information content (AvgIpc) is 2.72. The van der Waals surface area contributed by atoms with Gasteiger partial charge in [-0.2, -0.15) is 0 Å². The van der Waals surface area contributed by atoms with Gasteiger partial charge >= 0.3 is 0 Å². The van der Waals surface area contributed by atoms with Crippen LogP contribution in [0.4, 0.5) is 0 Å². The van der Waals surface area contributed by atoms with Gasteiger partial charge in [0, 0.05) is 6.04 Å². The van der Waals surface area contributed by atoms with Gasteiger partial charge in [0.2, 0.25) is 0 Å². The highest BCUT2D eigenvalue weighted by Gasteiger charge is 2.21. The van der Waals surface area contributed by atoms with Crippen LogP contribution in [0.2, 0.25) is 0 Å². The van der Waals surface area contributed by atoms with Crippen molar-refractivity contribution in [3.05, 3.63) is 5.82 Å². The van der Waals surface area contributed by atoms with Crippen molar-refractivity contribution < 1.29 is 0 Å². The van der Waals surface area contributed by atoms with Crippen molar-refractivity contribution in [1.29, 1.82) is 0 Å². The molecule has 0 amide bonds. The van der Waals surface area contributed by atoms with Crippen LogP contribution in [0, 0.1) is 0 Å². The molecule has 0 radical (unpaired) electrons. The summed E-state index contributed by atoms with van der Waals surface area (Å²) in [7, 11) is 0. The number of hydrogen-bond donors (Lipinski definition) is 1. The average molecular weight is 226 g/mol. The van der Waals surface area contributed by atoms with Gasteiger partial charge in [0.25, 0.3) is 0 Å². The van der Waals surface area contributed by atoms with Crippen LogP contribution in [0.15, 0.2) is 5.16 Å². The maximum Gasteiger partial charge on any atom is 0.191 e. The zero-order chi connectivity index (χ0) is 10.7. The molecule has 0 aromatic carbocycles. The van der Waals surface area contributed by atoms with Crippen molar-refractivity contribution in [3.63, 3.8) is 0 Å². The van der Waals surface area contributed by atoms with E-state index in [0.717, 1.165) is 11.0 Å². The number of thioether (sulfide) groups is 1. The Hall–Kier alpha value is -0.550. The van der Waals surface area contributed by atoms with Crippen molar-refractivity contribution in [2.24, 2.45) is 5.73 Å². The summed E-state index contributed by atoms with van der Waals surface area (Å²) in [5.41, 5.74) is 5.69. The van der Waals surface area contributed by atoms with Gasteiger partial charge in [-0.1, -0.05) is 31.0 Å². The van der Waals surface area contributed by atoms with E-state index in [0.29, 0.717) is 12.6 Å². The first-order chi connectivity index (χ1) is 7.36. The summed E-state index contributed by atoms with van der Waals surface area (Å²) >= 11 is 1.66. The summed E-state index contributed by atoms with van der Waals surface area (Å²) in [6, 6.07) is 0.578. The fourth-order valence-corrected chi connectivity index (χ4v) is 2.87. The van der Waals surface area contributed by atoms with Gasteiger partial charge in [0.15, 0.2) is 5.16 Å². The Morgan fingerprint density at radius 3 is 2.67 bits per heavy atom. The third-order valence-corrected chi connectivity index (χ3v) is 3.68. The number of nitrogens with zero attached hydrogens (tertiary/aromatic N) is 3. The first-order valence-electron chi connectivity index (χ1n) is 5.54. The Balaban J connectivity index is 2.26. The highest BCUT2D eigenvalue weighted by molar-refractivity contribution is 7.98. The molecule has 2 rings (SSSR count). The van der Waals surface area contributed by atoms with E-state index < -0.39 is 0 Å². The van der Waals surface area contributed by atoms with Crippen LogP contribution in [0.5, 0.6) is 0 Å². The second kappa shape index (κ2) is 4.99. The minimum atomic E-state index is 0.490. The zero-order valence-corrected chi connectivity index (χ0v) is 9.96. The van der Waals surface area contributed by atoms with Crippen LogP contribution in [0.3, 0.4) is 0 Å². The fraction of sp³-hybridized carbons (Fsp3) is 0.800. The van der Waals surface area contributed by atoms with E-state index in [-0.39, 0.29) is 0 Å². The summed E-state index contributed by atoms with van der Waals surface area (Å²) in [5.74, 6) is 0.936. The van der Waals surface area contributed by atoms with Crippen LogP contribution in [-0.4, -0.2) is 21.0 Å². The van der Waals surface area contributed by atoms with Gasteiger partial charge in [-0.15, -0.1) is 10.2 Å². The maximum atomic E-state index is 5.69. The summed E-state index contributed by atoms with van der Waals surface area (Å²) in [6.07, 6.45) is 8.55. The Labute approximate surface area is 94.6 Å². The number of hydrogen-bond acceptors (Lipinski definition) is 4. The van der Waals surface area contributed by atoms with Gasteiger partial charge in [-0.25, -0.2) is 0 Å². The predicted octanol–water partition coefficient (Wildman–Crippen LogP) is 1.96. The first kappa shape index (κ1) is 11.0. The van der Waals surface area contributed by atoms with E-state index in [1.54, 1.807) is 11.8 Å². The summed E-state index contributed by atoms with van der Waals surface area (Å²) < 4.78 is 2.25. The van der Waals surface area contributed by atoms with E-state index in [2.05, 4.69) is 14.8 Å². The van der Waals surface area contributed by atoms with E-state index >= 15 is 0 Å². The molecule has 0 saturated heterocycles. The number of rotatable bonds is 3. The van der Waals surface area contributed by atoms with Gasteiger partial charge < -0.3 is 10.3 Å². The van der Waals surface area contributed by atoms with Gasteiger partial charge in [-0.3, -0.25) is 0 Å². The molecule has 15 heavy (non-hydrogen) atoms. The molecular formula is C10H18N4S. The van der Waals surface area contributed by atoms with E-state index in [9.17, 15) is 0 Å². The molecule has 1 aliphatic rings. The minimum absolute atomic E-state index is 0.490. The molecule has 1 aromatic heterocycles. The SMILES string of the molecule is CSc1nnc(CN)n1C1CCCCC1. The van der Waals surface area contributed by atoms with Crippen molar-refractivity contribution in [3.8, 4) is 0 Å². The standard InChI is InChI=1S/C10H18N4S/c1-15-10-13-12-9(7-11)14(10)8-5-3-2-4-6-8/h8H,2-7,11H2,1H3. The normalized spacial score (nSPS) is 18.3. The van der Waals surface area contributed by atoms with Crippen LogP contribution >= 0.6 is 11.8 Å². The third kappa shape index (κ3) is 2.18. The second-order valence-electron chi connectivity index (χ2n) is 3.97. The van der Waals surface area contributed by atoms with Crippen molar-refractivity contribution in [2.45, 2.75) is 49.8 Å². The Morgan fingerprint density at radius 2 is 2.07 bits per heavy atom. The Bertz CT molecular complexity index is 296. The Morgan fingerprint density at radius 1 is 1.33 bits per heavy atom. The number of aromatic nitrogens is 3. The molecule has 1 aromatic rings. The van der Waals surface area contributed by atoms with Crippen LogP contribution in [0.1, 0.15) is 44.0 Å². The topological polar surface area (TPSA) is 56.7 Å². The van der Waals surface area contributed by atoms with E-state index in [1.807, 2.05) is 6.26 Å². The lowest BCUT2D eigenvalue weighted by atomic mass is 9.95. The third-order valence-electron chi connectivity index (χ3n) is 3.04. The molecule has 84 valence electrons. The first-order valence-corrected chi connectivity index (χ1v) is 6.77. The summed E-state index contributed by atoms with van der Waals surface area (Å²) in [4.78, 5) is 0. The molecule has 1 heterocycles. The van der Waals surface area contributed by atoms with Crippen molar-refractivity contribution >= 4 is 11.8 Å². The highest BCUT2D eigenvalue weighted by atomic mass is 32.2. The van der Waals surface area contributed by atoms with E-state index in [1.165, 1.54) is 32.1 Å². The monoisotopic (exact) mass is 226 g/mol. The predicted molar refractivity (Wildman–Crippen MR) is 61.8 cm³/mol. The molecular weight excluding hydrogens is 208 g/mol. The summed E-state index contributed by atoms with van der Waals surface area (Å²) in [5, 5.41) is 9.34. The van der Waals surface area contributed by atoms with Crippen molar-refractivity contribution in [1.82, 2.24) is 14.8 Å². The molecule has 4 nitrogen and oxygen atoms in total. The molecule has 2 N–H and O–H groups in total. The zero-order valence-electron chi connectivity index (χ0n) is 9.15. The summed E-state index contributed by atoms with van der Waals surface area (Å²) in [6.45, 7) is 0.490. The largest absolute Gasteiger partial charge is 0.324 e. The molecule has 0 atom stereocenters. The molecule has 0 aliphatic heterocycles. The lowest BCUT2D eigenvalue weighted by molar-refractivity contribution is 0.329. The molecule has 1 saturated carbocycles. The van der Waals surface area contributed by atoms with Gasteiger partial charge in [-0.05, 0) is 19.1 Å². The fourth-order valence-electron chi connectivity index (χ4n) is 2.29. The van der Waals surface area contributed by atoms with Gasteiger partial charge in [0.1, 0.15) is 5.82 Å². The van der Waals surface area contributed by atoms with Crippen LogP contribution in [-0.2, 0) is 6.54 Å². The molecule has 5 heteroatoms. The molecule has 1 aliphatic carbocycles. The maximum absolute atomic E-state index is 5.69. The van der Waals surface area contributed by atoms with Crippen molar-refractivity contribution in [2.75, 3.05) is 6.26 Å². The minimum Gasteiger partial charge on any atom is -0.324 e. The van der Waals surface area contributed by atoms with Gasteiger partial charge in [0.05, 0.1) is 6.54 Å². The Kier molecular flexibility index (Phi) is 3.64. The molecule has 0 bridgehead atoms. The quantitative estimate of drug-likeness (QED) is 0.801. The smallest absolute Gasteiger partial charge is 0.191 e. The highest BCUT2D eigenvalue weighted by Crippen LogP contribution is 2.31.